The molecule has 0 bridgehead atoms. The van der Waals surface area contributed by atoms with Gasteiger partial charge in [-0.1, -0.05) is 25.0 Å². The Morgan fingerprint density at radius 3 is 2.88 bits per heavy atom. The number of rotatable bonds is 3. The van der Waals surface area contributed by atoms with Gasteiger partial charge in [0.1, 0.15) is 10.8 Å². The lowest BCUT2D eigenvalue weighted by Crippen LogP contribution is -2.50. The van der Waals surface area contributed by atoms with Crippen LogP contribution in [-0.2, 0) is 10.3 Å². The van der Waals surface area contributed by atoms with Crippen LogP contribution in [0.3, 0.4) is 0 Å². The Morgan fingerprint density at radius 2 is 2.12 bits per heavy atom. The maximum absolute atomic E-state index is 12.9. The second-order valence-corrected chi connectivity index (χ2v) is 8.36. The van der Waals surface area contributed by atoms with E-state index in [0.29, 0.717) is 5.75 Å². The Hall–Kier alpha value is -1.53. The van der Waals surface area contributed by atoms with E-state index < -0.39 is 6.10 Å². The first-order valence-electron chi connectivity index (χ1n) is 8.29. The van der Waals surface area contributed by atoms with Crippen LogP contribution in [0.1, 0.15) is 36.4 Å². The molecule has 1 fully saturated rings. The summed E-state index contributed by atoms with van der Waals surface area (Å²) >= 11 is 3.33. The summed E-state index contributed by atoms with van der Waals surface area (Å²) in [5.74, 6) is 1.43. The van der Waals surface area contributed by atoms with Gasteiger partial charge in [-0.25, -0.2) is 4.98 Å². The van der Waals surface area contributed by atoms with Gasteiger partial charge in [0.25, 0.3) is 5.91 Å². The number of aryl methyl sites for hydroxylation is 1. The van der Waals surface area contributed by atoms with Crippen molar-refractivity contribution in [3.8, 4) is 5.75 Å². The first-order valence-corrected chi connectivity index (χ1v) is 10.2. The van der Waals surface area contributed by atoms with Crippen molar-refractivity contribution in [2.75, 3.05) is 5.75 Å². The number of aromatic nitrogens is 1. The third-order valence-electron chi connectivity index (χ3n) is 4.65. The van der Waals surface area contributed by atoms with E-state index in [1.807, 2.05) is 31.2 Å². The van der Waals surface area contributed by atoms with Crippen molar-refractivity contribution in [3.05, 3.63) is 40.3 Å². The third-order valence-corrected chi connectivity index (χ3v) is 6.93. The summed E-state index contributed by atoms with van der Waals surface area (Å²) in [6.07, 6.45) is 3.73. The number of carbonyl (C=O) groups excluding carboxylic acids is 1. The fraction of sp³-hybridized carbons (Fsp3) is 0.444. The van der Waals surface area contributed by atoms with Gasteiger partial charge in [0.15, 0.2) is 6.10 Å². The van der Waals surface area contributed by atoms with E-state index in [2.05, 4.69) is 15.7 Å². The van der Waals surface area contributed by atoms with E-state index in [-0.39, 0.29) is 11.4 Å². The fourth-order valence-electron chi connectivity index (χ4n) is 3.41. The molecule has 1 saturated carbocycles. The standard InChI is InChI=1S/C18H20N2O2S2/c1-12-10-24-17(19-12)18(8-4-5-9-18)20-16(21)14-11-23-15-7-3-2-6-13(15)22-14/h2-3,6-7,10,14H,4-5,8-9,11H2,1H3,(H,20,21)/t14-/m0/s1. The van der Waals surface area contributed by atoms with Gasteiger partial charge >= 0.3 is 0 Å². The van der Waals surface area contributed by atoms with Crippen LogP contribution < -0.4 is 10.1 Å². The molecule has 1 N–H and O–H groups in total. The molecule has 1 aliphatic carbocycles. The second-order valence-electron chi connectivity index (χ2n) is 6.44. The van der Waals surface area contributed by atoms with Crippen molar-refractivity contribution >= 4 is 29.0 Å². The number of ether oxygens (including phenoxy) is 1. The quantitative estimate of drug-likeness (QED) is 0.902. The normalized spacial score (nSPS) is 21.8. The molecule has 2 heterocycles. The molecule has 1 aromatic carbocycles. The van der Waals surface area contributed by atoms with Crippen molar-refractivity contribution in [2.45, 2.75) is 49.1 Å². The SMILES string of the molecule is Cc1csc(C2(NC(=O)[C@@H]3CSc4ccccc4O3)CCCC2)n1. The number of para-hydroxylation sites is 1. The zero-order chi connectivity index (χ0) is 16.6. The number of carbonyl (C=O) groups is 1. The van der Waals surface area contributed by atoms with E-state index in [1.165, 1.54) is 0 Å². The van der Waals surface area contributed by atoms with Crippen LogP contribution in [0.4, 0.5) is 0 Å². The first-order chi connectivity index (χ1) is 11.7. The lowest BCUT2D eigenvalue weighted by atomic mass is 9.98. The maximum Gasteiger partial charge on any atom is 0.262 e. The van der Waals surface area contributed by atoms with Gasteiger partial charge in [-0.2, -0.15) is 0 Å². The number of nitrogens with zero attached hydrogens (tertiary/aromatic N) is 1. The molecule has 0 saturated heterocycles. The molecule has 126 valence electrons. The molecule has 1 amide bonds. The van der Waals surface area contributed by atoms with Crippen LogP contribution >= 0.6 is 23.1 Å². The average molecular weight is 361 g/mol. The van der Waals surface area contributed by atoms with Gasteiger partial charge in [0.2, 0.25) is 0 Å². The molecule has 4 nitrogen and oxygen atoms in total. The van der Waals surface area contributed by atoms with Crippen LogP contribution in [0.5, 0.6) is 5.75 Å². The molecular weight excluding hydrogens is 340 g/mol. The number of hydrogen-bond donors (Lipinski definition) is 1. The van der Waals surface area contributed by atoms with Gasteiger partial charge in [0, 0.05) is 21.7 Å². The monoisotopic (exact) mass is 360 g/mol. The van der Waals surface area contributed by atoms with Crippen molar-refractivity contribution in [1.29, 1.82) is 0 Å². The molecule has 0 radical (unpaired) electrons. The van der Waals surface area contributed by atoms with Crippen LogP contribution in [0.25, 0.3) is 0 Å². The Morgan fingerprint density at radius 1 is 1.33 bits per heavy atom. The minimum atomic E-state index is -0.441. The number of benzene rings is 1. The van der Waals surface area contributed by atoms with Gasteiger partial charge < -0.3 is 10.1 Å². The number of thiazole rings is 1. The summed E-state index contributed by atoms with van der Waals surface area (Å²) < 4.78 is 5.94. The molecular formula is C18H20N2O2S2. The topological polar surface area (TPSA) is 51.2 Å². The average Bonchev–Trinajstić information content (AvgIpc) is 3.24. The van der Waals surface area contributed by atoms with Crippen molar-refractivity contribution in [1.82, 2.24) is 10.3 Å². The highest BCUT2D eigenvalue weighted by Gasteiger charge is 2.41. The lowest BCUT2D eigenvalue weighted by molar-refractivity contribution is -0.129. The third kappa shape index (κ3) is 2.93. The highest BCUT2D eigenvalue weighted by atomic mass is 32.2. The van der Waals surface area contributed by atoms with Gasteiger partial charge in [0.05, 0.1) is 5.54 Å². The van der Waals surface area contributed by atoms with Gasteiger partial charge in [-0.05, 0) is 31.9 Å². The van der Waals surface area contributed by atoms with Crippen LogP contribution in [-0.4, -0.2) is 22.7 Å². The summed E-state index contributed by atoms with van der Waals surface area (Å²) in [6.45, 7) is 2.00. The summed E-state index contributed by atoms with van der Waals surface area (Å²) in [4.78, 5) is 18.6. The zero-order valence-corrected chi connectivity index (χ0v) is 15.2. The largest absolute Gasteiger partial charge is 0.479 e. The summed E-state index contributed by atoms with van der Waals surface area (Å²) in [5, 5.41) is 6.39. The summed E-state index contributed by atoms with van der Waals surface area (Å²) in [6, 6.07) is 7.90. The molecule has 24 heavy (non-hydrogen) atoms. The molecule has 1 aromatic heterocycles. The Kier molecular flexibility index (Phi) is 4.26. The Bertz CT molecular complexity index is 753. The van der Waals surface area contributed by atoms with E-state index in [9.17, 15) is 4.79 Å². The molecule has 0 spiro atoms. The molecule has 2 aromatic rings. The number of fused-ring (bicyclic) bond motifs is 1. The predicted octanol–water partition coefficient (Wildman–Crippen LogP) is 3.89. The minimum absolute atomic E-state index is 0.0215. The van der Waals surface area contributed by atoms with E-state index in [0.717, 1.165) is 47.0 Å². The van der Waals surface area contributed by atoms with Gasteiger partial charge in [-0.15, -0.1) is 23.1 Å². The van der Waals surface area contributed by atoms with Crippen molar-refractivity contribution < 1.29 is 9.53 Å². The number of thioether (sulfide) groups is 1. The number of nitrogens with one attached hydrogen (secondary N) is 1. The summed E-state index contributed by atoms with van der Waals surface area (Å²) in [7, 11) is 0. The Balaban J connectivity index is 1.52. The van der Waals surface area contributed by atoms with Crippen LogP contribution in [0.15, 0.2) is 34.5 Å². The molecule has 2 aliphatic rings. The van der Waals surface area contributed by atoms with Crippen molar-refractivity contribution in [3.63, 3.8) is 0 Å². The Labute approximate surface area is 150 Å². The van der Waals surface area contributed by atoms with Crippen LogP contribution in [0, 0.1) is 6.92 Å². The predicted molar refractivity (Wildman–Crippen MR) is 96.7 cm³/mol. The lowest BCUT2D eigenvalue weighted by Gasteiger charge is -2.32. The maximum atomic E-state index is 12.9. The first kappa shape index (κ1) is 16.0. The van der Waals surface area contributed by atoms with E-state index in [4.69, 9.17) is 4.74 Å². The highest BCUT2D eigenvalue weighted by Crippen LogP contribution is 2.41. The fourth-order valence-corrected chi connectivity index (χ4v) is 5.41. The highest BCUT2D eigenvalue weighted by molar-refractivity contribution is 7.99. The molecule has 0 unspecified atom stereocenters. The zero-order valence-electron chi connectivity index (χ0n) is 13.6. The molecule has 4 rings (SSSR count). The summed E-state index contributed by atoms with van der Waals surface area (Å²) in [5.41, 5.74) is 0.718. The van der Waals surface area contributed by atoms with E-state index in [1.54, 1.807) is 23.1 Å². The number of hydrogen-bond acceptors (Lipinski definition) is 5. The number of amides is 1. The van der Waals surface area contributed by atoms with E-state index >= 15 is 0 Å². The minimum Gasteiger partial charge on any atom is -0.479 e. The van der Waals surface area contributed by atoms with Crippen LogP contribution in [0.2, 0.25) is 0 Å². The van der Waals surface area contributed by atoms with Gasteiger partial charge in [-0.3, -0.25) is 4.79 Å². The molecule has 1 atom stereocenters. The smallest absolute Gasteiger partial charge is 0.262 e. The molecule has 6 heteroatoms. The van der Waals surface area contributed by atoms with Crippen molar-refractivity contribution in [2.24, 2.45) is 0 Å². The second kappa shape index (κ2) is 6.41. The molecule has 1 aliphatic heterocycles.